The van der Waals surface area contributed by atoms with Gasteiger partial charge >= 0.3 is 0 Å². The fraction of sp³-hybridized carbons (Fsp3) is 0.923. The number of hydrogen-bond donors (Lipinski definition) is 1. The van der Waals surface area contributed by atoms with Gasteiger partial charge in [0.2, 0.25) is 5.91 Å². The molecule has 6 heteroatoms. The molecule has 2 saturated heterocycles. The van der Waals surface area contributed by atoms with Crippen molar-refractivity contribution in [1.82, 2.24) is 10.2 Å². The molecule has 1 N–H and O–H groups in total. The number of nitrogens with zero attached hydrogens (tertiary/aromatic N) is 1. The van der Waals surface area contributed by atoms with Gasteiger partial charge in [-0.2, -0.15) is 0 Å². The minimum atomic E-state index is -2.97. The largest absolute Gasteiger partial charge is 0.324 e. The highest BCUT2D eigenvalue weighted by molar-refractivity contribution is 7.92. The third-order valence-corrected chi connectivity index (χ3v) is 6.92. The third kappa shape index (κ3) is 2.18. The van der Waals surface area contributed by atoms with Crippen LogP contribution >= 0.6 is 0 Å². The van der Waals surface area contributed by atoms with Crippen molar-refractivity contribution in [2.24, 2.45) is 0 Å². The van der Waals surface area contributed by atoms with Crippen LogP contribution in [0.25, 0.3) is 0 Å². The average Bonchev–Trinajstić information content (AvgIpc) is 2.99. The first-order valence-corrected chi connectivity index (χ1v) is 9.00. The Hall–Kier alpha value is -0.620. The summed E-state index contributed by atoms with van der Waals surface area (Å²) in [7, 11) is -2.97. The molecule has 2 unspecified atom stereocenters. The highest BCUT2D eigenvalue weighted by Gasteiger charge is 2.59. The van der Waals surface area contributed by atoms with Crippen LogP contribution in [0.5, 0.6) is 0 Å². The molecule has 1 amide bonds. The summed E-state index contributed by atoms with van der Waals surface area (Å²) in [6.45, 7) is 2.48. The van der Waals surface area contributed by atoms with Gasteiger partial charge in [0.15, 0.2) is 9.84 Å². The third-order valence-electron chi connectivity index (χ3n) is 4.66. The van der Waals surface area contributed by atoms with Crippen LogP contribution in [0.4, 0.5) is 0 Å². The molecule has 2 heterocycles. The first-order chi connectivity index (χ1) is 8.98. The van der Waals surface area contributed by atoms with E-state index in [0.29, 0.717) is 13.0 Å². The van der Waals surface area contributed by atoms with Crippen LogP contribution in [0.15, 0.2) is 0 Å². The number of carbonyl (C=O) groups excluding carboxylic acids is 1. The predicted octanol–water partition coefficient (Wildman–Crippen LogP) is 0.654. The summed E-state index contributed by atoms with van der Waals surface area (Å²) >= 11 is 0. The van der Waals surface area contributed by atoms with E-state index in [-0.39, 0.29) is 28.6 Å². The molecule has 1 spiro atoms. The van der Waals surface area contributed by atoms with Crippen LogP contribution in [0.2, 0.25) is 0 Å². The molecule has 1 saturated carbocycles. The summed E-state index contributed by atoms with van der Waals surface area (Å²) in [6, 6.07) is 0. The molecule has 3 aliphatic rings. The van der Waals surface area contributed by atoms with E-state index in [1.807, 2.05) is 4.90 Å². The van der Waals surface area contributed by atoms with E-state index in [4.69, 9.17) is 0 Å². The molecular formula is C13H22N2O3S. The van der Waals surface area contributed by atoms with Gasteiger partial charge in [-0.3, -0.25) is 10.1 Å². The number of nitrogens with one attached hydrogen (secondary N) is 1. The molecule has 2 atom stereocenters. The molecule has 3 fully saturated rings. The second kappa shape index (κ2) is 4.45. The number of carbonyl (C=O) groups is 1. The number of hydrogen-bond acceptors (Lipinski definition) is 4. The van der Waals surface area contributed by atoms with Crippen LogP contribution < -0.4 is 5.32 Å². The van der Waals surface area contributed by atoms with Crippen molar-refractivity contribution in [3.05, 3.63) is 0 Å². The van der Waals surface area contributed by atoms with Gasteiger partial charge in [-0.15, -0.1) is 0 Å². The summed E-state index contributed by atoms with van der Waals surface area (Å²) in [5, 5.41) is 3.08. The van der Waals surface area contributed by atoms with Crippen LogP contribution in [0.3, 0.4) is 0 Å². The fourth-order valence-corrected chi connectivity index (χ4v) is 5.17. The van der Waals surface area contributed by atoms with E-state index in [1.165, 1.54) is 0 Å². The fourth-order valence-electron chi connectivity index (χ4n) is 3.35. The number of amides is 1. The lowest BCUT2D eigenvalue weighted by Gasteiger charge is -2.26. The highest BCUT2D eigenvalue weighted by Crippen LogP contribution is 2.43. The molecule has 0 bridgehead atoms. The average molecular weight is 286 g/mol. The Balaban J connectivity index is 1.76. The molecule has 19 heavy (non-hydrogen) atoms. The summed E-state index contributed by atoms with van der Waals surface area (Å²) in [5.74, 6) is 0.421. The first kappa shape index (κ1) is 13.4. The van der Waals surface area contributed by atoms with Crippen molar-refractivity contribution < 1.29 is 13.2 Å². The minimum absolute atomic E-state index is 0.0378. The zero-order chi connectivity index (χ0) is 13.7. The second-order valence-electron chi connectivity index (χ2n) is 6.12. The van der Waals surface area contributed by atoms with Gasteiger partial charge in [0.1, 0.15) is 0 Å². The summed E-state index contributed by atoms with van der Waals surface area (Å²) in [5.41, 5.74) is -0.331. The Labute approximate surface area is 114 Å². The van der Waals surface area contributed by atoms with Crippen LogP contribution in [0.1, 0.15) is 45.4 Å². The van der Waals surface area contributed by atoms with Crippen molar-refractivity contribution in [2.45, 2.75) is 62.4 Å². The number of sulfone groups is 1. The van der Waals surface area contributed by atoms with E-state index >= 15 is 0 Å². The predicted molar refractivity (Wildman–Crippen MR) is 72.3 cm³/mol. The molecule has 0 aromatic carbocycles. The lowest BCUT2D eigenvalue weighted by molar-refractivity contribution is -0.130. The van der Waals surface area contributed by atoms with Crippen molar-refractivity contribution >= 4 is 15.7 Å². The van der Waals surface area contributed by atoms with Gasteiger partial charge in [0.25, 0.3) is 0 Å². The highest BCUT2D eigenvalue weighted by atomic mass is 32.2. The van der Waals surface area contributed by atoms with Gasteiger partial charge in [-0.05, 0) is 32.1 Å². The number of rotatable bonds is 4. The van der Waals surface area contributed by atoms with E-state index in [9.17, 15) is 13.2 Å². The Morgan fingerprint density at radius 2 is 2.16 bits per heavy atom. The first-order valence-electron chi connectivity index (χ1n) is 7.29. The lowest BCUT2D eigenvalue weighted by atomic mass is 10.2. The SMILES string of the molecule is CCCC1NC2(CC2)C(=O)N1CC1CCCS1(=O)=O. The van der Waals surface area contributed by atoms with E-state index in [0.717, 1.165) is 32.1 Å². The van der Waals surface area contributed by atoms with Gasteiger partial charge in [0, 0.05) is 6.54 Å². The minimum Gasteiger partial charge on any atom is -0.324 e. The van der Waals surface area contributed by atoms with Gasteiger partial charge in [-0.25, -0.2) is 8.42 Å². The summed E-state index contributed by atoms with van der Waals surface area (Å²) in [4.78, 5) is 14.3. The van der Waals surface area contributed by atoms with Crippen LogP contribution in [-0.4, -0.2) is 48.5 Å². The van der Waals surface area contributed by atoms with Crippen molar-refractivity contribution in [1.29, 1.82) is 0 Å². The smallest absolute Gasteiger partial charge is 0.244 e. The Morgan fingerprint density at radius 3 is 2.68 bits per heavy atom. The molecular weight excluding hydrogens is 264 g/mol. The lowest BCUT2D eigenvalue weighted by Crippen LogP contribution is -2.43. The molecule has 0 radical (unpaired) electrons. The second-order valence-corrected chi connectivity index (χ2v) is 8.52. The molecule has 3 rings (SSSR count). The molecule has 2 aliphatic heterocycles. The van der Waals surface area contributed by atoms with E-state index in [1.54, 1.807) is 0 Å². The maximum Gasteiger partial charge on any atom is 0.244 e. The van der Waals surface area contributed by atoms with E-state index < -0.39 is 9.84 Å². The Kier molecular flexibility index (Phi) is 3.13. The Morgan fingerprint density at radius 1 is 1.42 bits per heavy atom. The van der Waals surface area contributed by atoms with Gasteiger partial charge < -0.3 is 4.90 Å². The van der Waals surface area contributed by atoms with Crippen molar-refractivity contribution in [3.8, 4) is 0 Å². The molecule has 5 nitrogen and oxygen atoms in total. The van der Waals surface area contributed by atoms with Crippen LogP contribution in [-0.2, 0) is 14.6 Å². The monoisotopic (exact) mass is 286 g/mol. The topological polar surface area (TPSA) is 66.5 Å². The van der Waals surface area contributed by atoms with Crippen LogP contribution in [0, 0.1) is 0 Å². The Bertz CT molecular complexity index is 484. The zero-order valence-corrected chi connectivity index (χ0v) is 12.2. The maximum atomic E-state index is 12.4. The van der Waals surface area contributed by atoms with Gasteiger partial charge in [-0.1, -0.05) is 13.3 Å². The normalized spacial score (nSPS) is 35.2. The van der Waals surface area contributed by atoms with Crippen molar-refractivity contribution in [3.63, 3.8) is 0 Å². The standard InChI is InChI=1S/C13H22N2O3S/c1-2-4-11-14-13(6-7-13)12(16)15(11)9-10-5-3-8-19(10,17)18/h10-11,14H,2-9H2,1H3. The molecule has 108 valence electrons. The summed E-state index contributed by atoms with van der Waals surface area (Å²) in [6.07, 6.45) is 5.19. The molecule has 0 aromatic heterocycles. The zero-order valence-electron chi connectivity index (χ0n) is 11.4. The summed E-state index contributed by atoms with van der Waals surface area (Å²) < 4.78 is 23.9. The molecule has 0 aromatic rings. The maximum absolute atomic E-state index is 12.4. The van der Waals surface area contributed by atoms with E-state index in [2.05, 4.69) is 12.2 Å². The van der Waals surface area contributed by atoms with Crippen molar-refractivity contribution in [2.75, 3.05) is 12.3 Å². The molecule has 1 aliphatic carbocycles. The quantitative estimate of drug-likeness (QED) is 0.824. The van der Waals surface area contributed by atoms with Gasteiger partial charge in [0.05, 0.1) is 22.7 Å².